The molecule has 0 aromatic carbocycles. The zero-order chi connectivity index (χ0) is 12.9. The minimum atomic E-state index is 0.111. The van der Waals surface area contributed by atoms with E-state index in [-0.39, 0.29) is 5.41 Å². The molecule has 0 fully saturated rings. The molecule has 0 radical (unpaired) electrons. The second-order valence-corrected chi connectivity index (χ2v) is 6.19. The quantitative estimate of drug-likeness (QED) is 0.755. The minimum Gasteiger partial charge on any atom is -0.284 e. The van der Waals surface area contributed by atoms with E-state index in [2.05, 4.69) is 49.0 Å². The Morgan fingerprint density at radius 1 is 1.47 bits per heavy atom. The van der Waals surface area contributed by atoms with Gasteiger partial charge in [-0.25, -0.2) is 4.98 Å². The van der Waals surface area contributed by atoms with E-state index < -0.39 is 0 Å². The second-order valence-electron chi connectivity index (χ2n) is 5.25. The van der Waals surface area contributed by atoms with Gasteiger partial charge < -0.3 is 0 Å². The molecular formula is C13H21N3S. The first-order valence-corrected chi connectivity index (χ1v) is 6.89. The van der Waals surface area contributed by atoms with E-state index in [0.29, 0.717) is 6.54 Å². The summed E-state index contributed by atoms with van der Waals surface area (Å²) in [5.41, 5.74) is 1.26. The fourth-order valence-electron chi connectivity index (χ4n) is 1.55. The topological polar surface area (TPSA) is 39.9 Å². The summed E-state index contributed by atoms with van der Waals surface area (Å²) in [6.07, 6.45) is 1.07. The van der Waals surface area contributed by atoms with Crippen molar-refractivity contribution < 1.29 is 0 Å². The lowest BCUT2D eigenvalue weighted by Crippen LogP contribution is -2.24. The van der Waals surface area contributed by atoms with Gasteiger partial charge in [-0.1, -0.05) is 27.7 Å². The van der Waals surface area contributed by atoms with Gasteiger partial charge in [-0.2, -0.15) is 5.26 Å². The Kier molecular flexibility index (Phi) is 5.10. The maximum absolute atomic E-state index is 8.77. The van der Waals surface area contributed by atoms with Crippen molar-refractivity contribution in [2.45, 2.75) is 46.1 Å². The molecule has 1 aromatic rings. The highest BCUT2D eigenvalue weighted by Gasteiger charge is 2.18. The Hall–Kier alpha value is -0.920. The van der Waals surface area contributed by atoms with Crippen molar-refractivity contribution >= 4 is 11.3 Å². The highest BCUT2D eigenvalue weighted by molar-refractivity contribution is 7.09. The minimum absolute atomic E-state index is 0.111. The van der Waals surface area contributed by atoms with Crippen LogP contribution in [-0.2, 0) is 12.0 Å². The third-order valence-electron chi connectivity index (χ3n) is 2.51. The van der Waals surface area contributed by atoms with Crippen molar-refractivity contribution in [3.8, 4) is 6.07 Å². The number of hydrogen-bond donors (Lipinski definition) is 0. The van der Waals surface area contributed by atoms with Gasteiger partial charge >= 0.3 is 0 Å². The van der Waals surface area contributed by atoms with Crippen molar-refractivity contribution in [2.24, 2.45) is 0 Å². The Balaban J connectivity index is 2.67. The number of thiazole rings is 1. The van der Waals surface area contributed by atoms with E-state index in [0.717, 1.165) is 30.2 Å². The molecule has 0 spiro atoms. The van der Waals surface area contributed by atoms with Crippen molar-refractivity contribution in [3.05, 3.63) is 16.1 Å². The van der Waals surface area contributed by atoms with Crippen LogP contribution in [0.2, 0.25) is 0 Å². The Bertz CT molecular complexity index is 384. The summed E-state index contributed by atoms with van der Waals surface area (Å²) in [6, 6.07) is 2.21. The lowest BCUT2D eigenvalue weighted by Gasteiger charge is -2.17. The van der Waals surface area contributed by atoms with Crippen molar-refractivity contribution in [2.75, 3.05) is 13.1 Å². The lowest BCUT2D eigenvalue weighted by atomic mass is 9.93. The lowest BCUT2D eigenvalue weighted by molar-refractivity contribution is 0.297. The van der Waals surface area contributed by atoms with Gasteiger partial charge in [-0.15, -0.1) is 11.3 Å². The Labute approximate surface area is 108 Å². The van der Waals surface area contributed by atoms with Gasteiger partial charge in [0.25, 0.3) is 0 Å². The molecule has 0 saturated heterocycles. The highest BCUT2D eigenvalue weighted by Crippen LogP contribution is 2.24. The molecule has 1 aromatic heterocycles. The van der Waals surface area contributed by atoms with Gasteiger partial charge in [0.1, 0.15) is 5.01 Å². The molecule has 0 N–H and O–H groups in total. The van der Waals surface area contributed by atoms with Gasteiger partial charge in [0.2, 0.25) is 0 Å². The molecule has 0 amide bonds. The van der Waals surface area contributed by atoms with E-state index >= 15 is 0 Å². The van der Waals surface area contributed by atoms with Crippen LogP contribution in [0.5, 0.6) is 0 Å². The summed E-state index contributed by atoms with van der Waals surface area (Å²) in [5.74, 6) is 0. The van der Waals surface area contributed by atoms with Crippen LogP contribution in [0.1, 0.15) is 44.8 Å². The Morgan fingerprint density at radius 3 is 2.65 bits per heavy atom. The molecule has 0 aliphatic rings. The monoisotopic (exact) mass is 251 g/mol. The largest absolute Gasteiger partial charge is 0.284 e. The number of nitriles is 1. The SMILES string of the molecule is CCCN(CC#N)Cc1nc(C(C)(C)C)cs1. The summed E-state index contributed by atoms with van der Waals surface area (Å²) in [7, 11) is 0. The van der Waals surface area contributed by atoms with E-state index in [4.69, 9.17) is 5.26 Å². The molecule has 94 valence electrons. The van der Waals surface area contributed by atoms with Crippen LogP contribution in [0, 0.1) is 11.3 Å². The average Bonchev–Trinajstić information content (AvgIpc) is 2.66. The van der Waals surface area contributed by atoms with Crippen LogP contribution in [-0.4, -0.2) is 23.0 Å². The Morgan fingerprint density at radius 2 is 2.18 bits per heavy atom. The third-order valence-corrected chi connectivity index (χ3v) is 3.35. The predicted octanol–water partition coefficient (Wildman–Crippen LogP) is 3.18. The van der Waals surface area contributed by atoms with E-state index in [1.807, 2.05) is 0 Å². The molecular weight excluding hydrogens is 230 g/mol. The summed E-state index contributed by atoms with van der Waals surface area (Å²) < 4.78 is 0. The maximum atomic E-state index is 8.77. The second kappa shape index (κ2) is 6.13. The van der Waals surface area contributed by atoms with Gasteiger partial charge in [0, 0.05) is 10.8 Å². The molecule has 0 bridgehead atoms. The molecule has 0 unspecified atom stereocenters. The smallest absolute Gasteiger partial charge is 0.107 e. The fourth-order valence-corrected chi connectivity index (χ4v) is 2.61. The fraction of sp³-hybridized carbons (Fsp3) is 0.692. The molecule has 0 aliphatic heterocycles. The first-order chi connectivity index (χ1) is 7.97. The van der Waals surface area contributed by atoms with Crippen molar-refractivity contribution in [3.63, 3.8) is 0 Å². The van der Waals surface area contributed by atoms with E-state index in [1.54, 1.807) is 11.3 Å². The molecule has 1 rings (SSSR count). The molecule has 17 heavy (non-hydrogen) atoms. The number of nitrogens with zero attached hydrogens (tertiary/aromatic N) is 3. The standard InChI is InChI=1S/C13H21N3S/c1-5-7-16(8-6-14)9-12-15-11(10-17-12)13(2,3)4/h10H,5,7-9H2,1-4H3. The predicted molar refractivity (Wildman–Crippen MR) is 72.0 cm³/mol. The van der Waals surface area contributed by atoms with Crippen LogP contribution in [0.15, 0.2) is 5.38 Å². The molecule has 4 heteroatoms. The highest BCUT2D eigenvalue weighted by atomic mass is 32.1. The molecule has 3 nitrogen and oxygen atoms in total. The first-order valence-electron chi connectivity index (χ1n) is 6.01. The van der Waals surface area contributed by atoms with E-state index in [1.165, 1.54) is 0 Å². The van der Waals surface area contributed by atoms with Crippen molar-refractivity contribution in [1.82, 2.24) is 9.88 Å². The summed E-state index contributed by atoms with van der Waals surface area (Å²) in [4.78, 5) is 6.80. The maximum Gasteiger partial charge on any atom is 0.107 e. The number of rotatable bonds is 5. The van der Waals surface area contributed by atoms with Crippen LogP contribution in [0.4, 0.5) is 0 Å². The normalized spacial score (nSPS) is 11.8. The van der Waals surface area contributed by atoms with Crippen LogP contribution < -0.4 is 0 Å². The van der Waals surface area contributed by atoms with E-state index in [9.17, 15) is 0 Å². The van der Waals surface area contributed by atoms with Gasteiger partial charge in [-0.3, -0.25) is 4.90 Å². The molecule has 1 heterocycles. The van der Waals surface area contributed by atoms with Crippen LogP contribution >= 0.6 is 11.3 Å². The van der Waals surface area contributed by atoms with Crippen molar-refractivity contribution in [1.29, 1.82) is 5.26 Å². The summed E-state index contributed by atoms with van der Waals surface area (Å²) >= 11 is 1.69. The van der Waals surface area contributed by atoms with Gasteiger partial charge in [-0.05, 0) is 13.0 Å². The zero-order valence-electron chi connectivity index (χ0n) is 11.2. The average molecular weight is 251 g/mol. The molecule has 0 atom stereocenters. The summed E-state index contributed by atoms with van der Waals surface area (Å²) in [5, 5.41) is 12.0. The van der Waals surface area contributed by atoms with Crippen LogP contribution in [0.3, 0.4) is 0 Å². The van der Waals surface area contributed by atoms with Crippen LogP contribution in [0.25, 0.3) is 0 Å². The zero-order valence-corrected chi connectivity index (χ0v) is 12.0. The number of hydrogen-bond acceptors (Lipinski definition) is 4. The third kappa shape index (κ3) is 4.45. The molecule has 0 saturated carbocycles. The number of aromatic nitrogens is 1. The first kappa shape index (κ1) is 14.1. The summed E-state index contributed by atoms with van der Waals surface area (Å²) in [6.45, 7) is 10.9. The van der Waals surface area contributed by atoms with Gasteiger partial charge in [0.15, 0.2) is 0 Å². The molecule has 0 aliphatic carbocycles. The van der Waals surface area contributed by atoms with Gasteiger partial charge in [0.05, 0.1) is 24.9 Å².